The van der Waals surface area contributed by atoms with E-state index >= 15 is 0 Å². The monoisotopic (exact) mass is 229 g/mol. The van der Waals surface area contributed by atoms with Crippen LogP contribution in [-0.4, -0.2) is 53.0 Å². The molecule has 0 radical (unpaired) electrons. The Bertz CT molecular complexity index is 351. The Morgan fingerprint density at radius 3 is 2.88 bits per heavy atom. The standard InChI is InChI=1S/C9H15N3O4/c1-7-8(9(14)16-6-5-15-2)10-11-12(7)3-4-13/h13H,3-6H2,1-2H3. The van der Waals surface area contributed by atoms with Gasteiger partial charge in [0.15, 0.2) is 5.69 Å². The zero-order valence-corrected chi connectivity index (χ0v) is 9.34. The Kier molecular flexibility index (Phi) is 4.87. The van der Waals surface area contributed by atoms with Crippen molar-refractivity contribution >= 4 is 5.97 Å². The summed E-state index contributed by atoms with van der Waals surface area (Å²) in [5.74, 6) is -0.529. The number of hydrogen-bond donors (Lipinski definition) is 1. The first-order chi connectivity index (χ1) is 7.70. The van der Waals surface area contributed by atoms with Crippen LogP contribution in [0.2, 0.25) is 0 Å². The molecular weight excluding hydrogens is 214 g/mol. The van der Waals surface area contributed by atoms with Crippen LogP contribution in [0.5, 0.6) is 0 Å². The molecule has 0 bridgehead atoms. The van der Waals surface area contributed by atoms with Crippen molar-refractivity contribution in [2.24, 2.45) is 0 Å². The second kappa shape index (κ2) is 6.19. The summed E-state index contributed by atoms with van der Waals surface area (Å²) in [4.78, 5) is 11.5. The summed E-state index contributed by atoms with van der Waals surface area (Å²) in [7, 11) is 1.52. The molecule has 1 heterocycles. The van der Waals surface area contributed by atoms with Gasteiger partial charge in [0.1, 0.15) is 6.61 Å². The van der Waals surface area contributed by atoms with E-state index in [4.69, 9.17) is 14.6 Å². The molecule has 0 aromatic carbocycles. The molecule has 0 atom stereocenters. The van der Waals surface area contributed by atoms with Gasteiger partial charge in [0, 0.05) is 7.11 Å². The molecule has 0 unspecified atom stereocenters. The lowest BCUT2D eigenvalue weighted by atomic mass is 10.3. The van der Waals surface area contributed by atoms with Crippen LogP contribution in [0, 0.1) is 6.92 Å². The van der Waals surface area contributed by atoms with Crippen LogP contribution < -0.4 is 0 Å². The molecule has 0 amide bonds. The highest BCUT2D eigenvalue weighted by molar-refractivity contribution is 5.88. The smallest absolute Gasteiger partial charge is 0.360 e. The molecule has 1 N–H and O–H groups in total. The summed E-state index contributed by atoms with van der Waals surface area (Å²) >= 11 is 0. The van der Waals surface area contributed by atoms with Crippen LogP contribution in [-0.2, 0) is 16.0 Å². The first kappa shape index (κ1) is 12.6. The summed E-state index contributed by atoms with van der Waals surface area (Å²) in [6.45, 7) is 2.48. The number of carbonyl (C=O) groups is 1. The Morgan fingerprint density at radius 2 is 2.25 bits per heavy atom. The van der Waals surface area contributed by atoms with E-state index in [1.807, 2.05) is 0 Å². The number of hydrogen-bond acceptors (Lipinski definition) is 6. The van der Waals surface area contributed by atoms with E-state index in [1.165, 1.54) is 11.8 Å². The van der Waals surface area contributed by atoms with Crippen LogP contribution in [0.1, 0.15) is 16.2 Å². The summed E-state index contributed by atoms with van der Waals surface area (Å²) < 4.78 is 11.1. The molecule has 0 aliphatic heterocycles. The number of carbonyl (C=O) groups excluding carboxylic acids is 1. The summed E-state index contributed by atoms with van der Waals surface area (Å²) in [5.41, 5.74) is 0.751. The van der Waals surface area contributed by atoms with Crippen LogP contribution >= 0.6 is 0 Å². The van der Waals surface area contributed by atoms with Gasteiger partial charge in [0.2, 0.25) is 0 Å². The van der Waals surface area contributed by atoms with Gasteiger partial charge in [-0.3, -0.25) is 0 Å². The molecule has 0 spiro atoms. The van der Waals surface area contributed by atoms with Crippen molar-refractivity contribution in [1.82, 2.24) is 15.0 Å². The average Bonchev–Trinajstić information content (AvgIpc) is 2.62. The van der Waals surface area contributed by atoms with E-state index in [2.05, 4.69) is 10.3 Å². The Morgan fingerprint density at radius 1 is 1.50 bits per heavy atom. The van der Waals surface area contributed by atoms with Crippen molar-refractivity contribution in [2.45, 2.75) is 13.5 Å². The molecule has 0 saturated carbocycles. The van der Waals surface area contributed by atoms with E-state index < -0.39 is 5.97 Å². The first-order valence-corrected chi connectivity index (χ1v) is 4.87. The van der Waals surface area contributed by atoms with Gasteiger partial charge in [-0.25, -0.2) is 9.48 Å². The van der Waals surface area contributed by atoms with E-state index in [0.717, 1.165) is 0 Å². The van der Waals surface area contributed by atoms with Gasteiger partial charge in [-0.05, 0) is 6.92 Å². The molecule has 90 valence electrons. The topological polar surface area (TPSA) is 86.5 Å². The van der Waals surface area contributed by atoms with Gasteiger partial charge in [0.05, 0.1) is 25.5 Å². The molecule has 1 aromatic heterocycles. The van der Waals surface area contributed by atoms with E-state index in [-0.39, 0.29) is 18.9 Å². The fraction of sp³-hybridized carbons (Fsp3) is 0.667. The summed E-state index contributed by atoms with van der Waals surface area (Å²) in [5, 5.41) is 16.2. The Hall–Kier alpha value is -1.47. The van der Waals surface area contributed by atoms with Crippen molar-refractivity contribution in [3.63, 3.8) is 0 Å². The zero-order chi connectivity index (χ0) is 12.0. The molecule has 1 aromatic rings. The van der Waals surface area contributed by atoms with Crippen LogP contribution in [0.15, 0.2) is 0 Å². The third-order valence-corrected chi connectivity index (χ3v) is 2.01. The van der Waals surface area contributed by atoms with E-state index in [1.54, 1.807) is 6.92 Å². The van der Waals surface area contributed by atoms with Crippen molar-refractivity contribution < 1.29 is 19.4 Å². The lowest BCUT2D eigenvalue weighted by molar-refractivity contribution is 0.0380. The number of nitrogens with zero attached hydrogens (tertiary/aromatic N) is 3. The van der Waals surface area contributed by atoms with Gasteiger partial charge in [-0.2, -0.15) is 0 Å². The molecule has 16 heavy (non-hydrogen) atoms. The lowest BCUT2D eigenvalue weighted by Crippen LogP contribution is -2.12. The highest BCUT2D eigenvalue weighted by atomic mass is 16.6. The molecule has 0 saturated heterocycles. The van der Waals surface area contributed by atoms with Gasteiger partial charge < -0.3 is 14.6 Å². The minimum Gasteiger partial charge on any atom is -0.458 e. The molecule has 7 nitrogen and oxygen atoms in total. The lowest BCUT2D eigenvalue weighted by Gasteiger charge is -2.02. The largest absolute Gasteiger partial charge is 0.458 e. The van der Waals surface area contributed by atoms with E-state index in [0.29, 0.717) is 18.8 Å². The Balaban J connectivity index is 2.61. The predicted molar refractivity (Wildman–Crippen MR) is 54.0 cm³/mol. The van der Waals surface area contributed by atoms with E-state index in [9.17, 15) is 4.79 Å². The number of methoxy groups -OCH3 is 1. The molecule has 0 fully saturated rings. The number of ether oxygens (including phenoxy) is 2. The molecule has 1 rings (SSSR count). The van der Waals surface area contributed by atoms with Crippen molar-refractivity contribution in [3.8, 4) is 0 Å². The fourth-order valence-electron chi connectivity index (χ4n) is 1.14. The second-order valence-corrected chi connectivity index (χ2v) is 3.10. The molecule has 0 aliphatic carbocycles. The highest BCUT2D eigenvalue weighted by Crippen LogP contribution is 2.05. The highest BCUT2D eigenvalue weighted by Gasteiger charge is 2.17. The number of aliphatic hydroxyl groups excluding tert-OH is 1. The normalized spacial score (nSPS) is 10.4. The maximum atomic E-state index is 11.5. The summed E-state index contributed by atoms with van der Waals surface area (Å²) in [6, 6.07) is 0. The second-order valence-electron chi connectivity index (χ2n) is 3.10. The minimum atomic E-state index is -0.529. The number of esters is 1. The van der Waals surface area contributed by atoms with Gasteiger partial charge in [-0.15, -0.1) is 5.10 Å². The van der Waals surface area contributed by atoms with Crippen molar-refractivity contribution in [3.05, 3.63) is 11.4 Å². The maximum Gasteiger partial charge on any atom is 0.360 e. The van der Waals surface area contributed by atoms with Crippen molar-refractivity contribution in [2.75, 3.05) is 26.9 Å². The van der Waals surface area contributed by atoms with Crippen LogP contribution in [0.4, 0.5) is 0 Å². The average molecular weight is 229 g/mol. The zero-order valence-electron chi connectivity index (χ0n) is 9.34. The number of aromatic nitrogens is 3. The van der Waals surface area contributed by atoms with Gasteiger partial charge in [0.25, 0.3) is 0 Å². The maximum absolute atomic E-state index is 11.5. The van der Waals surface area contributed by atoms with Crippen LogP contribution in [0.3, 0.4) is 0 Å². The quantitative estimate of drug-likeness (QED) is 0.517. The third kappa shape index (κ3) is 3.01. The molecule has 7 heteroatoms. The third-order valence-electron chi connectivity index (χ3n) is 2.01. The summed E-state index contributed by atoms with van der Waals surface area (Å²) in [6.07, 6.45) is 0. The number of aliphatic hydroxyl groups is 1. The first-order valence-electron chi connectivity index (χ1n) is 4.87. The van der Waals surface area contributed by atoms with Crippen LogP contribution in [0.25, 0.3) is 0 Å². The SMILES string of the molecule is COCCOC(=O)c1nnn(CCO)c1C. The molecular formula is C9H15N3O4. The minimum absolute atomic E-state index is 0.0532. The van der Waals surface area contributed by atoms with Gasteiger partial charge >= 0.3 is 5.97 Å². The van der Waals surface area contributed by atoms with Gasteiger partial charge in [-0.1, -0.05) is 5.21 Å². The number of rotatable bonds is 6. The fourth-order valence-corrected chi connectivity index (χ4v) is 1.14. The Labute approximate surface area is 93.0 Å². The predicted octanol–water partition coefficient (Wildman–Crippen LogP) is -0.618. The molecule has 0 aliphatic rings. The van der Waals surface area contributed by atoms with Crippen molar-refractivity contribution in [1.29, 1.82) is 0 Å².